The van der Waals surface area contributed by atoms with Crippen molar-refractivity contribution in [1.82, 2.24) is 5.32 Å². The highest BCUT2D eigenvalue weighted by molar-refractivity contribution is 6.05. The van der Waals surface area contributed by atoms with E-state index in [0.29, 0.717) is 11.3 Å². The van der Waals surface area contributed by atoms with Gasteiger partial charge in [0.1, 0.15) is 17.9 Å². The molecule has 1 amide bonds. The summed E-state index contributed by atoms with van der Waals surface area (Å²) in [6.07, 6.45) is 0. The lowest BCUT2D eigenvalue weighted by molar-refractivity contribution is -0.143. The average molecular weight is 440 g/mol. The van der Waals surface area contributed by atoms with E-state index in [4.69, 9.17) is 4.74 Å². The van der Waals surface area contributed by atoms with Crippen LogP contribution < -0.4 is 10.1 Å². The molecule has 0 aliphatic rings. The van der Waals surface area contributed by atoms with Gasteiger partial charge in [-0.15, -0.1) is 0 Å². The van der Waals surface area contributed by atoms with Gasteiger partial charge in [0.05, 0.1) is 5.56 Å². The van der Waals surface area contributed by atoms with E-state index in [9.17, 15) is 14.7 Å². The van der Waals surface area contributed by atoms with Crippen molar-refractivity contribution in [2.75, 3.05) is 0 Å². The van der Waals surface area contributed by atoms with Crippen LogP contribution in [0.25, 0.3) is 21.9 Å². The lowest BCUT2D eigenvalue weighted by Gasteiger charge is -2.22. The first kappa shape index (κ1) is 22.1. The van der Waals surface area contributed by atoms with E-state index in [0.717, 1.165) is 27.5 Å². The lowest BCUT2D eigenvalue weighted by atomic mass is 10.0. The molecule has 0 aliphatic carbocycles. The van der Waals surface area contributed by atoms with Gasteiger partial charge in [-0.05, 0) is 42.0 Å². The van der Waals surface area contributed by atoms with Gasteiger partial charge in [0, 0.05) is 5.39 Å². The molecular formula is C28H25NO4. The molecule has 166 valence electrons. The largest absolute Gasteiger partial charge is 0.487 e. The average Bonchev–Trinajstić information content (AvgIpc) is 2.83. The molecule has 0 saturated heterocycles. The van der Waals surface area contributed by atoms with E-state index >= 15 is 0 Å². The molecular weight excluding hydrogens is 414 g/mol. The third-order valence-corrected chi connectivity index (χ3v) is 5.53. The molecule has 5 heteroatoms. The molecule has 5 nitrogen and oxygen atoms in total. The zero-order valence-electron chi connectivity index (χ0n) is 18.5. The first-order chi connectivity index (χ1) is 15.8. The maximum absolute atomic E-state index is 13.0. The Balaban J connectivity index is 1.61. The van der Waals surface area contributed by atoms with Crippen LogP contribution >= 0.6 is 0 Å². The Morgan fingerprint density at radius 2 is 1.45 bits per heavy atom. The van der Waals surface area contributed by atoms with Gasteiger partial charge < -0.3 is 15.2 Å². The van der Waals surface area contributed by atoms with Crippen molar-refractivity contribution in [3.63, 3.8) is 0 Å². The van der Waals surface area contributed by atoms with Gasteiger partial charge in [-0.1, -0.05) is 84.9 Å². The van der Waals surface area contributed by atoms with Gasteiger partial charge in [0.25, 0.3) is 5.91 Å². The number of nitrogens with one attached hydrogen (secondary N) is 1. The Kier molecular flexibility index (Phi) is 6.13. The Morgan fingerprint density at radius 1 is 0.818 bits per heavy atom. The molecule has 0 fully saturated rings. The molecule has 0 bridgehead atoms. The topological polar surface area (TPSA) is 75.6 Å². The van der Waals surface area contributed by atoms with Crippen LogP contribution in [0.3, 0.4) is 0 Å². The molecule has 0 radical (unpaired) electrons. The van der Waals surface area contributed by atoms with E-state index < -0.39 is 17.4 Å². The van der Waals surface area contributed by atoms with E-state index in [1.807, 2.05) is 72.8 Å². The van der Waals surface area contributed by atoms with Crippen molar-refractivity contribution < 1.29 is 19.4 Å². The van der Waals surface area contributed by atoms with Crippen LogP contribution in [0, 0.1) is 0 Å². The fraction of sp³-hybridized carbons (Fsp3) is 0.143. The molecule has 0 saturated carbocycles. The fourth-order valence-corrected chi connectivity index (χ4v) is 3.56. The van der Waals surface area contributed by atoms with Gasteiger partial charge in [-0.25, -0.2) is 4.79 Å². The van der Waals surface area contributed by atoms with Crippen molar-refractivity contribution in [3.05, 3.63) is 102 Å². The summed E-state index contributed by atoms with van der Waals surface area (Å²) in [4.78, 5) is 24.5. The van der Waals surface area contributed by atoms with E-state index in [1.54, 1.807) is 6.07 Å². The summed E-state index contributed by atoms with van der Waals surface area (Å²) in [7, 11) is 0. The molecule has 0 aromatic heterocycles. The SMILES string of the molecule is CC(C)(NC(=O)c1ccc2ccccc2c1OCc1ccc(-c2ccccc2)cc1)C(=O)O. The van der Waals surface area contributed by atoms with Crippen molar-refractivity contribution in [3.8, 4) is 16.9 Å². The van der Waals surface area contributed by atoms with E-state index in [2.05, 4.69) is 17.4 Å². The number of carboxylic acids is 1. The monoisotopic (exact) mass is 439 g/mol. The molecule has 0 aliphatic heterocycles. The maximum Gasteiger partial charge on any atom is 0.328 e. The highest BCUT2D eigenvalue weighted by Gasteiger charge is 2.30. The van der Waals surface area contributed by atoms with E-state index in [1.165, 1.54) is 13.8 Å². The quantitative estimate of drug-likeness (QED) is 0.389. The first-order valence-corrected chi connectivity index (χ1v) is 10.7. The van der Waals surface area contributed by atoms with Crippen LogP contribution in [0.15, 0.2) is 91.0 Å². The highest BCUT2D eigenvalue weighted by Crippen LogP contribution is 2.31. The summed E-state index contributed by atoms with van der Waals surface area (Å²) < 4.78 is 6.17. The molecule has 33 heavy (non-hydrogen) atoms. The number of aliphatic carboxylic acids is 1. The summed E-state index contributed by atoms with van der Waals surface area (Å²) in [5.41, 5.74) is 2.09. The number of carbonyl (C=O) groups is 2. The van der Waals surface area contributed by atoms with Crippen molar-refractivity contribution in [2.24, 2.45) is 0 Å². The lowest BCUT2D eigenvalue weighted by Crippen LogP contribution is -2.49. The number of hydrogen-bond acceptors (Lipinski definition) is 3. The molecule has 0 spiro atoms. The molecule has 0 heterocycles. The minimum atomic E-state index is -1.41. The molecule has 4 rings (SSSR count). The molecule has 2 N–H and O–H groups in total. The van der Waals surface area contributed by atoms with Crippen LogP contribution in [0.5, 0.6) is 5.75 Å². The summed E-state index contributed by atoms with van der Waals surface area (Å²) in [6, 6.07) is 29.3. The molecule has 4 aromatic carbocycles. The number of benzene rings is 4. The third kappa shape index (κ3) is 4.88. The van der Waals surface area contributed by atoms with Gasteiger partial charge in [0.15, 0.2) is 0 Å². The van der Waals surface area contributed by atoms with Crippen LogP contribution in [0.4, 0.5) is 0 Å². The predicted octanol–water partition coefficient (Wildman–Crippen LogP) is 5.68. The second-order valence-electron chi connectivity index (χ2n) is 8.40. The fourth-order valence-electron chi connectivity index (χ4n) is 3.56. The Hall–Kier alpha value is -4.12. The molecule has 0 atom stereocenters. The Morgan fingerprint density at radius 3 is 2.15 bits per heavy atom. The maximum atomic E-state index is 13.0. The number of hydrogen-bond donors (Lipinski definition) is 2. The number of fused-ring (bicyclic) bond motifs is 1. The summed E-state index contributed by atoms with van der Waals surface area (Å²) in [5, 5.41) is 13.7. The van der Waals surface area contributed by atoms with E-state index in [-0.39, 0.29) is 6.61 Å². The number of carbonyl (C=O) groups excluding carboxylic acids is 1. The Labute approximate surface area is 192 Å². The predicted molar refractivity (Wildman–Crippen MR) is 129 cm³/mol. The zero-order chi connectivity index (χ0) is 23.4. The summed E-state index contributed by atoms with van der Waals surface area (Å²) >= 11 is 0. The highest BCUT2D eigenvalue weighted by atomic mass is 16.5. The minimum Gasteiger partial charge on any atom is -0.487 e. The van der Waals surface area contributed by atoms with Crippen molar-refractivity contribution in [1.29, 1.82) is 0 Å². The standard InChI is InChI=1S/C28H25NO4/c1-28(2,27(31)32)29-26(30)24-17-16-22-10-6-7-11-23(22)25(24)33-18-19-12-14-21(15-13-19)20-8-4-3-5-9-20/h3-17H,18H2,1-2H3,(H,29,30)(H,31,32). The van der Waals surface area contributed by atoms with Crippen LogP contribution in [-0.4, -0.2) is 22.5 Å². The Bertz CT molecular complexity index is 1290. The summed E-state index contributed by atoms with van der Waals surface area (Å²) in [5.74, 6) is -1.18. The van der Waals surface area contributed by atoms with Gasteiger partial charge in [-0.2, -0.15) is 0 Å². The van der Waals surface area contributed by atoms with Crippen molar-refractivity contribution in [2.45, 2.75) is 26.0 Å². The number of carboxylic acid groups (broad SMARTS) is 1. The second kappa shape index (κ2) is 9.17. The van der Waals surface area contributed by atoms with Crippen LogP contribution in [0.1, 0.15) is 29.8 Å². The third-order valence-electron chi connectivity index (χ3n) is 5.53. The van der Waals surface area contributed by atoms with Crippen LogP contribution in [-0.2, 0) is 11.4 Å². The number of ether oxygens (including phenoxy) is 1. The van der Waals surface area contributed by atoms with Crippen LogP contribution in [0.2, 0.25) is 0 Å². The van der Waals surface area contributed by atoms with Crippen molar-refractivity contribution >= 4 is 22.6 Å². The zero-order valence-corrected chi connectivity index (χ0v) is 18.5. The number of rotatable bonds is 7. The smallest absolute Gasteiger partial charge is 0.328 e. The molecule has 4 aromatic rings. The van der Waals surface area contributed by atoms with Gasteiger partial charge in [-0.3, -0.25) is 4.79 Å². The molecule has 0 unspecified atom stereocenters. The summed E-state index contributed by atoms with van der Waals surface area (Å²) in [6.45, 7) is 3.16. The second-order valence-corrected chi connectivity index (χ2v) is 8.40. The minimum absolute atomic E-state index is 0.270. The van der Waals surface area contributed by atoms with Gasteiger partial charge in [0.2, 0.25) is 0 Å². The normalized spacial score (nSPS) is 11.2. The van der Waals surface area contributed by atoms with Gasteiger partial charge >= 0.3 is 5.97 Å². The number of amides is 1. The first-order valence-electron chi connectivity index (χ1n) is 10.7.